The second-order valence-electron chi connectivity index (χ2n) is 6.42. The van der Waals surface area contributed by atoms with Gasteiger partial charge in [0.05, 0.1) is 12.6 Å². The van der Waals surface area contributed by atoms with E-state index in [1.807, 2.05) is 0 Å². The van der Waals surface area contributed by atoms with Crippen molar-refractivity contribution in [2.24, 2.45) is 0 Å². The first-order valence-corrected chi connectivity index (χ1v) is 9.72. The summed E-state index contributed by atoms with van der Waals surface area (Å²) < 4.78 is 4.88. The molecule has 0 amide bonds. The van der Waals surface area contributed by atoms with Gasteiger partial charge in [-0.15, -0.1) is 0 Å². The van der Waals surface area contributed by atoms with Gasteiger partial charge in [-0.05, 0) is 12.5 Å². The molecule has 0 atom stereocenters. The summed E-state index contributed by atoms with van der Waals surface area (Å²) >= 11 is 0. The van der Waals surface area contributed by atoms with Gasteiger partial charge in [0.15, 0.2) is 0 Å². The number of ether oxygens (including phenoxy) is 1. The smallest absolute Gasteiger partial charge is 0.545 e. The molecule has 140 valence electrons. The van der Waals surface area contributed by atoms with Gasteiger partial charge < -0.3 is 14.6 Å². The summed E-state index contributed by atoms with van der Waals surface area (Å²) in [5.41, 5.74) is 0. The second kappa shape index (κ2) is 21.7. The minimum absolute atomic E-state index is 0. The Morgan fingerprint density at radius 2 is 1.12 bits per heavy atom. The summed E-state index contributed by atoms with van der Waals surface area (Å²) in [6, 6.07) is 0. The minimum atomic E-state index is -1.39. The molecule has 0 saturated carbocycles. The number of unbranched alkanes of at least 4 members (excludes halogenated alkanes) is 13. The van der Waals surface area contributed by atoms with Crippen LogP contribution in [0, 0.1) is 0 Å². The number of hydrogen-bond acceptors (Lipinski definition) is 4. The van der Waals surface area contributed by atoms with Crippen LogP contribution < -0.4 is 34.7 Å². The van der Waals surface area contributed by atoms with E-state index in [1.54, 1.807) is 0 Å². The summed E-state index contributed by atoms with van der Waals surface area (Å²) in [7, 11) is 0. The minimum Gasteiger partial charge on any atom is -0.545 e. The molecule has 0 heterocycles. The van der Waals surface area contributed by atoms with Crippen LogP contribution in [0.4, 0.5) is 0 Å². The number of carboxylic acid groups (broad SMARTS) is 1. The molecule has 0 spiro atoms. The zero-order valence-electron chi connectivity index (χ0n) is 16.4. The fourth-order valence-corrected chi connectivity index (χ4v) is 2.65. The Labute approximate surface area is 176 Å². The van der Waals surface area contributed by atoms with Crippen LogP contribution in [0.2, 0.25) is 0 Å². The Kier molecular flexibility index (Phi) is 23.4. The van der Waals surface area contributed by atoms with Crippen LogP contribution >= 0.6 is 0 Å². The second-order valence-corrected chi connectivity index (χ2v) is 6.42. The number of carbonyl (C=O) groups excluding carboxylic acids is 2. The Hall–Kier alpha value is -0.320. The largest absolute Gasteiger partial charge is 1.00 e. The fraction of sp³-hybridized carbons (Fsp3) is 0.800. The van der Waals surface area contributed by atoms with Crippen molar-refractivity contribution in [1.82, 2.24) is 0 Å². The molecule has 0 aliphatic carbocycles. The number of hydrogen-bond donors (Lipinski definition) is 0. The van der Waals surface area contributed by atoms with Crippen LogP contribution in [0.5, 0.6) is 0 Å². The van der Waals surface area contributed by atoms with Crippen molar-refractivity contribution < 1.29 is 49.0 Å². The average Bonchev–Trinajstić information content (AvgIpc) is 2.56. The first-order chi connectivity index (χ1) is 11.7. The molecule has 0 rings (SSSR count). The van der Waals surface area contributed by atoms with Crippen molar-refractivity contribution in [3.8, 4) is 0 Å². The van der Waals surface area contributed by atoms with Crippen LogP contribution in [-0.4, -0.2) is 18.5 Å². The van der Waals surface area contributed by atoms with E-state index in [9.17, 15) is 14.7 Å². The molecule has 5 heteroatoms. The molecule has 0 fully saturated rings. The van der Waals surface area contributed by atoms with Gasteiger partial charge in [-0.25, -0.2) is 4.79 Å². The summed E-state index contributed by atoms with van der Waals surface area (Å²) in [5, 5.41) is 10.1. The van der Waals surface area contributed by atoms with Gasteiger partial charge in [0.2, 0.25) is 0 Å². The van der Waals surface area contributed by atoms with E-state index in [2.05, 4.69) is 6.92 Å². The molecule has 25 heavy (non-hydrogen) atoms. The zero-order valence-corrected chi connectivity index (χ0v) is 18.4. The topological polar surface area (TPSA) is 66.4 Å². The van der Waals surface area contributed by atoms with Crippen LogP contribution in [0.25, 0.3) is 0 Å². The maximum Gasteiger partial charge on any atom is 1.00 e. The molecule has 0 aliphatic rings. The third-order valence-corrected chi connectivity index (χ3v) is 4.10. The van der Waals surface area contributed by atoms with Crippen molar-refractivity contribution in [3.05, 3.63) is 12.2 Å². The third kappa shape index (κ3) is 23.7. The summed E-state index contributed by atoms with van der Waals surface area (Å²) in [4.78, 5) is 21.2. The van der Waals surface area contributed by atoms with Crippen LogP contribution in [-0.2, 0) is 14.3 Å². The SMILES string of the molecule is CCCCCCCCCCCCCCCCOC(=O)/C=C\C(=O)[O-].[Na+]. The Morgan fingerprint density at radius 1 is 0.720 bits per heavy atom. The van der Waals surface area contributed by atoms with Gasteiger partial charge >= 0.3 is 35.5 Å². The molecular formula is C20H35NaO4. The number of aliphatic carboxylic acids is 1. The van der Waals surface area contributed by atoms with Gasteiger partial charge in [0, 0.05) is 6.08 Å². The van der Waals surface area contributed by atoms with Crippen molar-refractivity contribution in [2.45, 2.75) is 96.8 Å². The first kappa shape index (κ1) is 26.9. The predicted octanol–water partition coefficient (Wildman–Crippen LogP) is 1.32. The van der Waals surface area contributed by atoms with E-state index in [0.29, 0.717) is 12.7 Å². The molecule has 0 N–H and O–H groups in total. The summed E-state index contributed by atoms with van der Waals surface area (Å²) in [5.74, 6) is -2.00. The van der Waals surface area contributed by atoms with Gasteiger partial charge in [-0.2, -0.15) is 0 Å². The van der Waals surface area contributed by atoms with E-state index in [-0.39, 0.29) is 29.6 Å². The fourth-order valence-electron chi connectivity index (χ4n) is 2.65. The Morgan fingerprint density at radius 3 is 1.52 bits per heavy atom. The summed E-state index contributed by atoms with van der Waals surface area (Å²) in [6.07, 6.45) is 19.5. The van der Waals surface area contributed by atoms with Gasteiger partial charge in [0.1, 0.15) is 0 Å². The van der Waals surface area contributed by atoms with E-state index in [1.165, 1.54) is 77.0 Å². The first-order valence-electron chi connectivity index (χ1n) is 9.72. The number of carbonyl (C=O) groups is 2. The van der Waals surface area contributed by atoms with Crippen molar-refractivity contribution in [2.75, 3.05) is 6.61 Å². The normalized spacial score (nSPS) is 10.6. The predicted molar refractivity (Wildman–Crippen MR) is 95.4 cm³/mol. The van der Waals surface area contributed by atoms with E-state index in [0.717, 1.165) is 18.9 Å². The van der Waals surface area contributed by atoms with Gasteiger partial charge in [0.25, 0.3) is 0 Å². The summed E-state index contributed by atoms with van der Waals surface area (Å²) in [6.45, 7) is 2.61. The molecule has 0 aliphatic heterocycles. The number of carboxylic acids is 1. The van der Waals surface area contributed by atoms with Crippen molar-refractivity contribution in [1.29, 1.82) is 0 Å². The molecule has 0 saturated heterocycles. The average molecular weight is 362 g/mol. The molecule has 0 aromatic carbocycles. The maximum atomic E-state index is 11.1. The Bertz CT molecular complexity index is 343. The Balaban J connectivity index is 0. The van der Waals surface area contributed by atoms with E-state index < -0.39 is 11.9 Å². The molecule has 0 bridgehead atoms. The van der Waals surface area contributed by atoms with Crippen molar-refractivity contribution >= 4 is 11.9 Å². The monoisotopic (exact) mass is 362 g/mol. The quantitative estimate of drug-likeness (QED) is 0.169. The van der Waals surface area contributed by atoms with Gasteiger partial charge in [-0.1, -0.05) is 90.4 Å². The standard InChI is InChI=1S/C20H36O4.Na/c1-2-3-4-5-6-7-8-9-10-11-12-13-14-15-18-24-20(23)17-16-19(21)22;/h16-17H,2-15,18H2,1H3,(H,21,22);/q;+1/p-1/b17-16-;. The van der Waals surface area contributed by atoms with Crippen molar-refractivity contribution in [3.63, 3.8) is 0 Å². The van der Waals surface area contributed by atoms with Crippen LogP contribution in [0.15, 0.2) is 12.2 Å². The molecule has 0 aromatic rings. The van der Waals surface area contributed by atoms with E-state index >= 15 is 0 Å². The van der Waals surface area contributed by atoms with Gasteiger partial charge in [-0.3, -0.25) is 0 Å². The molecule has 0 unspecified atom stereocenters. The number of rotatable bonds is 17. The maximum absolute atomic E-state index is 11.1. The van der Waals surface area contributed by atoms with Crippen LogP contribution in [0.3, 0.4) is 0 Å². The molecule has 0 radical (unpaired) electrons. The number of esters is 1. The van der Waals surface area contributed by atoms with Crippen LogP contribution in [0.1, 0.15) is 96.8 Å². The van der Waals surface area contributed by atoms with E-state index in [4.69, 9.17) is 4.74 Å². The molecule has 0 aromatic heterocycles. The third-order valence-electron chi connectivity index (χ3n) is 4.10. The zero-order chi connectivity index (χ0) is 17.9. The molecule has 4 nitrogen and oxygen atoms in total. The molecular weight excluding hydrogens is 327 g/mol.